The molecule has 0 radical (unpaired) electrons. The maximum Gasteiger partial charge on any atom is 0.159 e. The number of amidine groups is 2. The summed E-state index contributed by atoms with van der Waals surface area (Å²) in [6.45, 7) is 0. The molecule has 6 heteroatoms. The number of rotatable bonds is 5. The molecule has 57 heavy (non-hydrogen) atoms. The number of benzene rings is 8. The summed E-state index contributed by atoms with van der Waals surface area (Å²) in [5.41, 5.74) is 11.9. The van der Waals surface area contributed by atoms with Crippen LogP contribution in [0.1, 0.15) is 22.9 Å². The number of hydrogen-bond acceptors (Lipinski definition) is 5. The van der Waals surface area contributed by atoms with Crippen LogP contribution in [0.5, 0.6) is 0 Å². The van der Waals surface area contributed by atoms with Gasteiger partial charge >= 0.3 is 0 Å². The summed E-state index contributed by atoms with van der Waals surface area (Å²) in [6.07, 6.45) is -0.405. The van der Waals surface area contributed by atoms with Gasteiger partial charge < -0.3 is 18.7 Å². The minimum Gasteiger partial charge on any atom is -0.456 e. The number of fused-ring (bicyclic) bond motifs is 9. The van der Waals surface area contributed by atoms with Gasteiger partial charge in [-0.3, -0.25) is 0 Å². The molecule has 0 aliphatic carbocycles. The maximum atomic E-state index is 6.69. The molecular weight excluding hydrogens is 701 g/mol. The number of aromatic nitrogens is 1. The van der Waals surface area contributed by atoms with E-state index in [1.807, 2.05) is 48.5 Å². The third-order valence-electron chi connectivity index (χ3n) is 11.3. The summed E-state index contributed by atoms with van der Waals surface area (Å²) in [7, 11) is 0. The Hall–Kier alpha value is -7.70. The highest BCUT2D eigenvalue weighted by atomic mass is 16.3. The zero-order valence-corrected chi connectivity index (χ0v) is 30.6. The van der Waals surface area contributed by atoms with E-state index in [0.717, 1.165) is 83.2 Å². The second-order valence-corrected chi connectivity index (χ2v) is 14.6. The lowest BCUT2D eigenvalue weighted by atomic mass is 9.99. The molecule has 1 aliphatic heterocycles. The van der Waals surface area contributed by atoms with Crippen LogP contribution in [0, 0.1) is 0 Å². The Kier molecular flexibility index (Phi) is 6.89. The maximum absolute atomic E-state index is 6.69. The fourth-order valence-corrected chi connectivity index (χ4v) is 8.64. The predicted molar refractivity (Wildman–Crippen MR) is 233 cm³/mol. The van der Waals surface area contributed by atoms with Gasteiger partial charge in [-0.2, -0.15) is 0 Å². The normalized spacial score (nSPS) is 14.5. The average Bonchev–Trinajstić information content (AvgIpc) is 3.96. The number of furan rings is 2. The van der Waals surface area contributed by atoms with Crippen molar-refractivity contribution in [1.82, 2.24) is 9.88 Å². The summed E-state index contributed by atoms with van der Waals surface area (Å²) in [5, 5.41) is 10.3. The molecule has 1 atom stereocenters. The Morgan fingerprint density at radius 3 is 1.81 bits per heavy atom. The van der Waals surface area contributed by atoms with E-state index in [9.17, 15) is 0 Å². The molecule has 11 aromatic rings. The van der Waals surface area contributed by atoms with E-state index in [1.54, 1.807) is 0 Å². The Labute approximate surface area is 326 Å². The summed E-state index contributed by atoms with van der Waals surface area (Å²) in [6, 6.07) is 63.2. The number of aliphatic imine (C=N–C) groups is 2. The summed E-state index contributed by atoms with van der Waals surface area (Å²) >= 11 is 0. The molecule has 3 aromatic heterocycles. The Morgan fingerprint density at radius 2 is 1.07 bits per heavy atom. The molecule has 1 unspecified atom stereocenters. The van der Waals surface area contributed by atoms with Crippen LogP contribution in [0.2, 0.25) is 0 Å². The van der Waals surface area contributed by atoms with Crippen molar-refractivity contribution in [2.75, 3.05) is 0 Å². The highest BCUT2D eigenvalue weighted by Crippen LogP contribution is 2.41. The van der Waals surface area contributed by atoms with Gasteiger partial charge in [-0.1, -0.05) is 133 Å². The third-order valence-corrected chi connectivity index (χ3v) is 11.3. The van der Waals surface area contributed by atoms with Gasteiger partial charge in [-0.25, -0.2) is 9.98 Å². The molecule has 0 saturated heterocycles. The molecule has 0 fully saturated rings. The van der Waals surface area contributed by atoms with Crippen molar-refractivity contribution >= 4 is 77.4 Å². The van der Waals surface area contributed by atoms with Gasteiger partial charge in [0.25, 0.3) is 0 Å². The van der Waals surface area contributed by atoms with E-state index in [-0.39, 0.29) is 0 Å². The zero-order valence-electron chi connectivity index (χ0n) is 30.6. The Bertz CT molecular complexity index is 3390. The fraction of sp³-hybridized carbons (Fsp3) is 0.0196. The lowest BCUT2D eigenvalue weighted by molar-refractivity contribution is 0.628. The highest BCUT2D eigenvalue weighted by molar-refractivity contribution is 6.16. The molecule has 6 nitrogen and oxygen atoms in total. The average molecular weight is 733 g/mol. The topological polar surface area (TPSA) is 68.0 Å². The number of nitrogens with one attached hydrogen (secondary N) is 1. The van der Waals surface area contributed by atoms with Crippen molar-refractivity contribution in [3.8, 4) is 16.8 Å². The molecule has 0 amide bonds. The number of para-hydroxylation sites is 3. The van der Waals surface area contributed by atoms with Gasteiger partial charge in [0.05, 0.1) is 22.1 Å². The van der Waals surface area contributed by atoms with E-state index < -0.39 is 6.17 Å². The van der Waals surface area contributed by atoms with Gasteiger partial charge in [0.1, 0.15) is 28.2 Å². The van der Waals surface area contributed by atoms with Crippen LogP contribution >= 0.6 is 0 Å². The fourth-order valence-electron chi connectivity index (χ4n) is 8.64. The molecule has 0 spiro atoms. The highest BCUT2D eigenvalue weighted by Gasteiger charge is 2.25. The molecule has 8 aromatic carbocycles. The van der Waals surface area contributed by atoms with E-state index in [0.29, 0.717) is 5.84 Å². The minimum atomic E-state index is -0.405. The molecule has 12 rings (SSSR count). The van der Waals surface area contributed by atoms with E-state index in [2.05, 4.69) is 143 Å². The molecule has 1 aliphatic rings. The van der Waals surface area contributed by atoms with Crippen LogP contribution in [0.3, 0.4) is 0 Å². The molecule has 0 saturated carbocycles. The van der Waals surface area contributed by atoms with E-state index in [4.69, 9.17) is 18.8 Å². The standard InChI is InChI=1S/C51H32N4O2/c1-3-13-31(14-4-1)49-52-50(32-15-5-2-6-16-32)54-51(53-49)38-20-11-19-37-39-29-33(25-27-44(39)57-48(37)38)34-26-28-45-40(30-34)47-43(23-12-24-46(47)56-45)55-41-21-9-7-17-35(41)36-18-8-10-22-42(36)55/h1-30,51H,(H,52,53,54). The van der Waals surface area contributed by atoms with Crippen molar-refractivity contribution in [3.63, 3.8) is 0 Å². The lowest BCUT2D eigenvalue weighted by Gasteiger charge is -2.23. The van der Waals surface area contributed by atoms with Gasteiger partial charge in [0, 0.05) is 43.6 Å². The Morgan fingerprint density at radius 1 is 0.456 bits per heavy atom. The van der Waals surface area contributed by atoms with Crippen molar-refractivity contribution in [1.29, 1.82) is 0 Å². The van der Waals surface area contributed by atoms with Crippen LogP contribution in [-0.2, 0) is 0 Å². The van der Waals surface area contributed by atoms with Crippen LogP contribution in [0.4, 0.5) is 0 Å². The Balaban J connectivity index is 0.987. The predicted octanol–water partition coefficient (Wildman–Crippen LogP) is 12.7. The zero-order chi connectivity index (χ0) is 37.5. The third kappa shape index (κ3) is 4.97. The number of hydrogen-bond donors (Lipinski definition) is 1. The monoisotopic (exact) mass is 732 g/mol. The molecule has 4 heterocycles. The van der Waals surface area contributed by atoms with Crippen LogP contribution in [0.25, 0.3) is 82.5 Å². The summed E-state index contributed by atoms with van der Waals surface area (Å²) in [5.74, 6) is 1.45. The molecule has 0 bridgehead atoms. The van der Waals surface area contributed by atoms with Crippen molar-refractivity contribution in [2.24, 2.45) is 9.98 Å². The van der Waals surface area contributed by atoms with Gasteiger partial charge in [-0.05, 0) is 59.7 Å². The smallest absolute Gasteiger partial charge is 0.159 e. The van der Waals surface area contributed by atoms with Gasteiger partial charge in [0.2, 0.25) is 0 Å². The first kappa shape index (κ1) is 31.6. The quantitative estimate of drug-likeness (QED) is 0.192. The van der Waals surface area contributed by atoms with Gasteiger partial charge in [-0.15, -0.1) is 0 Å². The van der Waals surface area contributed by atoms with Crippen LogP contribution < -0.4 is 5.32 Å². The molecular formula is C51H32N4O2. The van der Waals surface area contributed by atoms with Crippen molar-refractivity contribution in [3.05, 3.63) is 199 Å². The minimum absolute atomic E-state index is 0.405. The summed E-state index contributed by atoms with van der Waals surface area (Å²) in [4.78, 5) is 10.1. The second kappa shape index (κ2) is 12.4. The first-order valence-electron chi connectivity index (χ1n) is 19.2. The van der Waals surface area contributed by atoms with Gasteiger partial charge in [0.15, 0.2) is 12.0 Å². The largest absolute Gasteiger partial charge is 0.456 e. The molecule has 268 valence electrons. The first-order valence-corrected chi connectivity index (χ1v) is 19.2. The molecule has 1 N–H and O–H groups in total. The first-order chi connectivity index (χ1) is 28.2. The van der Waals surface area contributed by atoms with Crippen molar-refractivity contribution in [2.45, 2.75) is 6.17 Å². The SMILES string of the molecule is c1ccc(C2=NC(c3cccc4c3oc3ccc(-c5ccc6oc7cccc(-n8c9ccccc9c9ccccc98)c7c6c5)cc34)NC(c3ccccc3)=N2)cc1. The van der Waals surface area contributed by atoms with E-state index in [1.165, 1.54) is 21.8 Å². The second-order valence-electron chi connectivity index (χ2n) is 14.6. The lowest BCUT2D eigenvalue weighted by Crippen LogP contribution is -2.33. The van der Waals surface area contributed by atoms with E-state index >= 15 is 0 Å². The summed E-state index contributed by atoms with van der Waals surface area (Å²) < 4.78 is 15.6. The number of nitrogens with zero attached hydrogens (tertiary/aromatic N) is 3. The van der Waals surface area contributed by atoms with Crippen LogP contribution in [-0.4, -0.2) is 16.2 Å². The van der Waals surface area contributed by atoms with Crippen molar-refractivity contribution < 1.29 is 8.83 Å². The van der Waals surface area contributed by atoms with Crippen LogP contribution in [0.15, 0.2) is 201 Å².